The van der Waals surface area contributed by atoms with Crippen LogP contribution in [0.1, 0.15) is 26.3 Å². The van der Waals surface area contributed by atoms with Crippen LogP contribution in [0.15, 0.2) is 60.7 Å². The standard InChI is InChI=1S/C21H13ClN4O2/c1-12-6-7-14(10-17(12)22)26-23-18-9-8-13(11-19(18)24-26)25-20(27)15-4-2-3-5-16(15)21(25)28/h2-11H,1H3. The highest BCUT2D eigenvalue weighted by Gasteiger charge is 2.36. The van der Waals surface area contributed by atoms with Crippen LogP contribution in [-0.4, -0.2) is 26.8 Å². The summed E-state index contributed by atoms with van der Waals surface area (Å²) < 4.78 is 0. The maximum Gasteiger partial charge on any atom is 0.266 e. The summed E-state index contributed by atoms with van der Waals surface area (Å²) in [6, 6.07) is 17.5. The number of imide groups is 1. The van der Waals surface area contributed by atoms with E-state index in [0.717, 1.165) is 11.3 Å². The van der Waals surface area contributed by atoms with E-state index in [4.69, 9.17) is 11.6 Å². The number of halogens is 1. The molecule has 0 saturated carbocycles. The van der Waals surface area contributed by atoms with Gasteiger partial charge in [-0.15, -0.1) is 10.2 Å². The zero-order valence-corrected chi connectivity index (χ0v) is 15.5. The van der Waals surface area contributed by atoms with E-state index < -0.39 is 0 Å². The van der Waals surface area contributed by atoms with E-state index in [-0.39, 0.29) is 11.8 Å². The molecule has 5 rings (SSSR count). The number of carbonyl (C=O) groups is 2. The van der Waals surface area contributed by atoms with Crippen LogP contribution < -0.4 is 4.90 Å². The largest absolute Gasteiger partial charge is 0.268 e. The fourth-order valence-electron chi connectivity index (χ4n) is 3.29. The Labute approximate surface area is 164 Å². The monoisotopic (exact) mass is 388 g/mol. The fourth-order valence-corrected chi connectivity index (χ4v) is 3.46. The molecule has 0 N–H and O–H groups in total. The van der Waals surface area contributed by atoms with E-state index in [2.05, 4.69) is 10.2 Å². The molecule has 0 atom stereocenters. The Kier molecular flexibility index (Phi) is 3.57. The van der Waals surface area contributed by atoms with E-state index >= 15 is 0 Å². The van der Waals surface area contributed by atoms with Crippen LogP contribution >= 0.6 is 11.6 Å². The van der Waals surface area contributed by atoms with Crippen LogP contribution in [0, 0.1) is 6.92 Å². The number of rotatable bonds is 2. The van der Waals surface area contributed by atoms with Crippen molar-refractivity contribution in [3.63, 3.8) is 0 Å². The topological polar surface area (TPSA) is 68.1 Å². The van der Waals surface area contributed by atoms with Crippen molar-refractivity contribution in [3.05, 3.63) is 82.4 Å². The third kappa shape index (κ3) is 2.42. The molecule has 1 aromatic heterocycles. The Hall–Kier alpha value is -3.51. The molecule has 1 aliphatic rings. The van der Waals surface area contributed by atoms with Gasteiger partial charge in [-0.3, -0.25) is 9.59 Å². The molecule has 0 spiro atoms. The minimum absolute atomic E-state index is 0.336. The van der Waals surface area contributed by atoms with Crippen molar-refractivity contribution in [1.29, 1.82) is 0 Å². The average molecular weight is 389 g/mol. The van der Waals surface area contributed by atoms with Gasteiger partial charge in [0.1, 0.15) is 11.0 Å². The normalized spacial score (nSPS) is 13.4. The number of nitrogens with zero attached hydrogens (tertiary/aromatic N) is 4. The number of anilines is 1. The van der Waals surface area contributed by atoms with Crippen LogP contribution in [0.5, 0.6) is 0 Å². The summed E-state index contributed by atoms with van der Waals surface area (Å²) in [5.41, 5.74) is 4.20. The zero-order valence-electron chi connectivity index (χ0n) is 14.8. The minimum Gasteiger partial charge on any atom is -0.268 e. The Morgan fingerprint density at radius 3 is 2.11 bits per heavy atom. The number of hydrogen-bond acceptors (Lipinski definition) is 4. The van der Waals surface area contributed by atoms with Crippen molar-refractivity contribution in [1.82, 2.24) is 15.0 Å². The highest BCUT2D eigenvalue weighted by molar-refractivity contribution is 6.34. The fraction of sp³-hybridized carbons (Fsp3) is 0.0476. The van der Waals surface area contributed by atoms with Gasteiger partial charge in [0, 0.05) is 5.02 Å². The molecule has 4 aromatic rings. The van der Waals surface area contributed by atoms with Gasteiger partial charge in [-0.25, -0.2) is 4.90 Å². The lowest BCUT2D eigenvalue weighted by Gasteiger charge is -2.13. The smallest absolute Gasteiger partial charge is 0.266 e. The number of fused-ring (bicyclic) bond motifs is 2. The molecule has 0 radical (unpaired) electrons. The van der Waals surface area contributed by atoms with Crippen molar-refractivity contribution in [2.45, 2.75) is 6.92 Å². The summed E-state index contributed by atoms with van der Waals surface area (Å²) in [7, 11) is 0. The molecule has 2 heterocycles. The van der Waals surface area contributed by atoms with Gasteiger partial charge in [0.15, 0.2) is 0 Å². The molecule has 6 nitrogen and oxygen atoms in total. The molecule has 0 unspecified atom stereocenters. The van der Waals surface area contributed by atoms with Gasteiger partial charge in [0.05, 0.1) is 22.5 Å². The molecule has 3 aromatic carbocycles. The van der Waals surface area contributed by atoms with Gasteiger partial charge in [-0.05, 0) is 55.0 Å². The summed E-state index contributed by atoms with van der Waals surface area (Å²) in [5, 5.41) is 9.57. The zero-order chi connectivity index (χ0) is 19.4. The Morgan fingerprint density at radius 1 is 0.786 bits per heavy atom. The number of carbonyl (C=O) groups excluding carboxylic acids is 2. The molecule has 7 heteroatoms. The lowest BCUT2D eigenvalue weighted by atomic mass is 10.1. The molecule has 0 saturated heterocycles. The van der Waals surface area contributed by atoms with Crippen molar-refractivity contribution in [2.24, 2.45) is 0 Å². The first-order valence-corrected chi connectivity index (χ1v) is 9.02. The van der Waals surface area contributed by atoms with Gasteiger partial charge in [-0.2, -0.15) is 4.80 Å². The van der Waals surface area contributed by atoms with Crippen LogP contribution in [-0.2, 0) is 0 Å². The summed E-state index contributed by atoms with van der Waals surface area (Å²) in [4.78, 5) is 28.0. The molecule has 136 valence electrons. The lowest BCUT2D eigenvalue weighted by molar-refractivity contribution is 0.0926. The number of hydrogen-bond donors (Lipinski definition) is 0. The van der Waals surface area contributed by atoms with Crippen LogP contribution in [0.25, 0.3) is 16.7 Å². The van der Waals surface area contributed by atoms with Crippen LogP contribution in [0.4, 0.5) is 5.69 Å². The molecule has 0 fully saturated rings. The van der Waals surface area contributed by atoms with E-state index in [9.17, 15) is 9.59 Å². The van der Waals surface area contributed by atoms with Crippen LogP contribution in [0.3, 0.4) is 0 Å². The van der Waals surface area contributed by atoms with E-state index in [1.54, 1.807) is 48.5 Å². The predicted octanol–water partition coefficient (Wildman–Crippen LogP) is 4.18. The molecule has 2 amide bonds. The van der Waals surface area contributed by atoms with Crippen molar-refractivity contribution in [3.8, 4) is 5.69 Å². The van der Waals surface area contributed by atoms with Crippen molar-refractivity contribution in [2.75, 3.05) is 4.90 Å². The molecule has 0 aliphatic carbocycles. The highest BCUT2D eigenvalue weighted by Crippen LogP contribution is 2.30. The molecular formula is C21H13ClN4O2. The van der Waals surface area contributed by atoms with Crippen LogP contribution in [0.2, 0.25) is 5.02 Å². The summed E-state index contributed by atoms with van der Waals surface area (Å²) >= 11 is 6.20. The number of aryl methyl sites for hydroxylation is 1. The lowest BCUT2D eigenvalue weighted by Crippen LogP contribution is -2.29. The Morgan fingerprint density at radius 2 is 1.43 bits per heavy atom. The SMILES string of the molecule is Cc1ccc(-n2nc3ccc(N4C(=O)c5ccccc5C4=O)cc3n2)cc1Cl. The molecule has 0 bridgehead atoms. The van der Waals surface area contributed by atoms with E-state index in [1.165, 1.54) is 9.70 Å². The average Bonchev–Trinajstić information content (AvgIpc) is 3.23. The first kappa shape index (κ1) is 16.6. The maximum absolute atomic E-state index is 12.7. The summed E-state index contributed by atoms with van der Waals surface area (Å²) in [6.07, 6.45) is 0. The minimum atomic E-state index is -0.336. The predicted molar refractivity (Wildman–Crippen MR) is 106 cm³/mol. The number of aromatic nitrogens is 3. The summed E-state index contributed by atoms with van der Waals surface area (Å²) in [5.74, 6) is -0.671. The maximum atomic E-state index is 12.7. The number of amides is 2. The Balaban J connectivity index is 1.57. The third-order valence-corrected chi connectivity index (χ3v) is 5.21. The third-order valence-electron chi connectivity index (χ3n) is 4.80. The van der Waals surface area contributed by atoms with Gasteiger partial charge in [0.25, 0.3) is 11.8 Å². The van der Waals surface area contributed by atoms with Gasteiger partial charge < -0.3 is 0 Å². The molecule has 28 heavy (non-hydrogen) atoms. The van der Waals surface area contributed by atoms with Gasteiger partial charge in [-0.1, -0.05) is 29.8 Å². The first-order valence-electron chi connectivity index (χ1n) is 8.64. The van der Waals surface area contributed by atoms with Crippen molar-refractivity contribution >= 4 is 40.1 Å². The van der Waals surface area contributed by atoms with Crippen molar-refractivity contribution < 1.29 is 9.59 Å². The first-order chi connectivity index (χ1) is 13.5. The van der Waals surface area contributed by atoms with Gasteiger partial charge in [0.2, 0.25) is 0 Å². The Bertz CT molecular complexity index is 1260. The summed E-state index contributed by atoms with van der Waals surface area (Å²) in [6.45, 7) is 1.92. The highest BCUT2D eigenvalue weighted by atomic mass is 35.5. The molecule has 1 aliphatic heterocycles. The second-order valence-corrected chi connectivity index (χ2v) is 6.99. The molecular weight excluding hydrogens is 376 g/mol. The van der Waals surface area contributed by atoms with E-state index in [0.29, 0.717) is 32.9 Å². The number of benzene rings is 3. The second kappa shape index (κ2) is 6.00. The quantitative estimate of drug-likeness (QED) is 0.483. The van der Waals surface area contributed by atoms with E-state index in [1.807, 2.05) is 19.1 Å². The van der Waals surface area contributed by atoms with Gasteiger partial charge >= 0.3 is 0 Å². The second-order valence-electron chi connectivity index (χ2n) is 6.59.